The third-order valence-corrected chi connectivity index (χ3v) is 9.24. The fourth-order valence-electron chi connectivity index (χ4n) is 7.54. The van der Waals surface area contributed by atoms with Gasteiger partial charge in [-0.2, -0.15) is 0 Å². The number of carbonyl (C=O) groups is 2. The van der Waals surface area contributed by atoms with Crippen molar-refractivity contribution in [3.8, 4) is 0 Å². The van der Waals surface area contributed by atoms with Crippen LogP contribution in [-0.4, -0.2) is 64.2 Å². The van der Waals surface area contributed by atoms with Crippen LogP contribution in [0.15, 0.2) is 22.8 Å². The van der Waals surface area contributed by atoms with Gasteiger partial charge in [0.15, 0.2) is 11.9 Å². The summed E-state index contributed by atoms with van der Waals surface area (Å²) in [6.45, 7) is 8.41. The molecule has 9 unspecified atom stereocenters. The molecule has 2 saturated heterocycles. The van der Waals surface area contributed by atoms with E-state index in [4.69, 9.17) is 9.47 Å². The summed E-state index contributed by atoms with van der Waals surface area (Å²) in [5.74, 6) is -1.75. The van der Waals surface area contributed by atoms with Gasteiger partial charge in [-0.3, -0.25) is 9.59 Å². The number of aliphatic hydroxyl groups excluding tert-OH is 2. The molecule has 5 rings (SSSR count). The first-order valence-corrected chi connectivity index (χ1v) is 11.8. The first-order chi connectivity index (χ1) is 15.0. The van der Waals surface area contributed by atoms with Gasteiger partial charge in [0.1, 0.15) is 12.4 Å². The lowest BCUT2D eigenvalue weighted by Crippen LogP contribution is -2.62. The second-order valence-corrected chi connectivity index (χ2v) is 11.3. The molecule has 176 valence electrons. The third-order valence-electron chi connectivity index (χ3n) is 9.24. The number of Topliss-reactive ketones (excluding diaryl/α,β-unsaturated/α-hetero) is 1. The Hall–Kier alpha value is -1.38. The summed E-state index contributed by atoms with van der Waals surface area (Å²) in [4.78, 5) is 25.2. The minimum Gasteiger partial charge on any atom is -0.388 e. The van der Waals surface area contributed by atoms with Gasteiger partial charge in [-0.25, -0.2) is 0 Å². The average Bonchev–Trinajstić information content (AvgIpc) is 3.22. The van der Waals surface area contributed by atoms with Crippen LogP contribution in [0.3, 0.4) is 0 Å². The molecule has 1 saturated carbocycles. The van der Waals surface area contributed by atoms with Crippen molar-refractivity contribution in [2.45, 2.75) is 83.6 Å². The van der Waals surface area contributed by atoms with Gasteiger partial charge in [0.05, 0.1) is 24.7 Å². The summed E-state index contributed by atoms with van der Waals surface area (Å²) in [5, 5.41) is 33.2. The van der Waals surface area contributed by atoms with Crippen molar-refractivity contribution in [2.75, 3.05) is 6.61 Å². The molecule has 3 N–H and O–H groups in total. The van der Waals surface area contributed by atoms with E-state index in [1.165, 1.54) is 17.2 Å². The van der Waals surface area contributed by atoms with Gasteiger partial charge in [-0.05, 0) is 48.7 Å². The van der Waals surface area contributed by atoms with Crippen LogP contribution in [0.5, 0.6) is 0 Å². The number of hydrogen-bond acceptors (Lipinski definition) is 7. The predicted molar refractivity (Wildman–Crippen MR) is 114 cm³/mol. The van der Waals surface area contributed by atoms with E-state index in [0.717, 1.165) is 25.7 Å². The molecule has 3 aliphatic carbocycles. The van der Waals surface area contributed by atoms with E-state index in [0.29, 0.717) is 12.2 Å². The Labute approximate surface area is 188 Å². The first-order valence-electron chi connectivity index (χ1n) is 11.8. The number of aliphatic hydroxyl groups is 3. The van der Waals surface area contributed by atoms with E-state index in [1.807, 2.05) is 6.92 Å². The number of carbonyl (C=O) groups excluding carboxylic acids is 2. The van der Waals surface area contributed by atoms with Gasteiger partial charge in [0, 0.05) is 11.3 Å². The van der Waals surface area contributed by atoms with Gasteiger partial charge in [0.2, 0.25) is 5.78 Å². The maximum atomic E-state index is 13.0. The second kappa shape index (κ2) is 7.06. The predicted octanol–water partition coefficient (Wildman–Crippen LogP) is 1.69. The van der Waals surface area contributed by atoms with Gasteiger partial charge in [-0.1, -0.05) is 38.8 Å². The molecule has 2 heterocycles. The summed E-state index contributed by atoms with van der Waals surface area (Å²) >= 11 is 0. The molecule has 7 nitrogen and oxygen atoms in total. The zero-order valence-electron chi connectivity index (χ0n) is 19.2. The summed E-state index contributed by atoms with van der Waals surface area (Å²) < 4.78 is 11.8. The largest absolute Gasteiger partial charge is 0.388 e. The van der Waals surface area contributed by atoms with Crippen LogP contribution in [0, 0.1) is 28.6 Å². The summed E-state index contributed by atoms with van der Waals surface area (Å²) in [6, 6.07) is 0. The van der Waals surface area contributed by atoms with Crippen LogP contribution in [0.1, 0.15) is 53.4 Å². The lowest BCUT2D eigenvalue weighted by molar-refractivity contribution is -0.242. The van der Waals surface area contributed by atoms with Gasteiger partial charge in [0.25, 0.3) is 0 Å². The minimum absolute atomic E-state index is 0.0233. The van der Waals surface area contributed by atoms with Gasteiger partial charge < -0.3 is 24.8 Å². The van der Waals surface area contributed by atoms with E-state index in [-0.39, 0.29) is 23.5 Å². The highest BCUT2D eigenvalue weighted by Crippen LogP contribution is 2.66. The summed E-state index contributed by atoms with van der Waals surface area (Å²) in [5.41, 5.74) is -0.0667. The van der Waals surface area contributed by atoms with Crippen molar-refractivity contribution >= 4 is 12.1 Å². The Balaban J connectivity index is 1.71. The van der Waals surface area contributed by atoms with Crippen LogP contribution in [-0.2, 0) is 19.1 Å². The third kappa shape index (κ3) is 2.66. The highest BCUT2D eigenvalue weighted by atomic mass is 16.7. The molecule has 9 atom stereocenters. The number of fused-ring (bicyclic) bond motifs is 7. The number of ether oxygens (including phenoxy) is 2. The molecule has 7 heteroatoms. The molecular formula is C25H34O7. The number of aldehydes is 1. The molecule has 0 aromatic heterocycles. The molecule has 0 aromatic carbocycles. The monoisotopic (exact) mass is 446 g/mol. The Morgan fingerprint density at radius 3 is 2.53 bits per heavy atom. The summed E-state index contributed by atoms with van der Waals surface area (Å²) in [7, 11) is 0. The Morgan fingerprint density at radius 1 is 1.16 bits per heavy atom. The van der Waals surface area contributed by atoms with Crippen molar-refractivity contribution in [3.63, 3.8) is 0 Å². The van der Waals surface area contributed by atoms with Crippen LogP contribution in [0.25, 0.3) is 0 Å². The van der Waals surface area contributed by atoms with Crippen LogP contribution in [0.2, 0.25) is 0 Å². The lowest BCUT2D eigenvalue weighted by Gasteiger charge is -2.53. The minimum atomic E-state index is -2.17. The highest BCUT2D eigenvalue weighted by Gasteiger charge is 2.71. The van der Waals surface area contributed by atoms with Crippen molar-refractivity contribution in [3.05, 3.63) is 22.8 Å². The first kappa shape index (κ1) is 22.4. The molecule has 2 aliphatic heterocycles. The smallest absolute Gasteiger partial charge is 0.201 e. The summed E-state index contributed by atoms with van der Waals surface area (Å²) in [6.07, 6.45) is 1.38. The molecular weight excluding hydrogens is 412 g/mol. The second-order valence-electron chi connectivity index (χ2n) is 11.3. The molecule has 0 aromatic rings. The zero-order chi connectivity index (χ0) is 23.2. The molecule has 3 fully saturated rings. The average molecular weight is 447 g/mol. The Morgan fingerprint density at radius 2 is 1.88 bits per heavy atom. The van der Waals surface area contributed by atoms with Crippen molar-refractivity contribution < 1.29 is 34.4 Å². The quantitative estimate of drug-likeness (QED) is 0.437. The Bertz CT molecular complexity index is 921. The number of allylic oxidation sites excluding steroid dienone is 1. The number of ketones is 1. The van der Waals surface area contributed by atoms with E-state index in [2.05, 4.69) is 20.8 Å². The van der Waals surface area contributed by atoms with Crippen LogP contribution < -0.4 is 0 Å². The fourth-order valence-corrected chi connectivity index (χ4v) is 7.54. The van der Waals surface area contributed by atoms with Gasteiger partial charge in [-0.15, -0.1) is 0 Å². The number of hydrogen-bond donors (Lipinski definition) is 3. The molecule has 0 radical (unpaired) electrons. The normalized spacial score (nSPS) is 50.4. The standard InChI is InChI=1S/C25H34O7/c1-12(2)14-5-6-23(3)7-8-24(4)19(18(14)23)15(27)9-13(10-26)17-21(24)32-22-25(17,30)20(29)16(28)11-31-22/h9-10,12,15-17,19,21-22,27-28,30H,5-8,11H2,1-4H3. The maximum Gasteiger partial charge on any atom is 0.201 e. The van der Waals surface area contributed by atoms with Crippen molar-refractivity contribution in [1.82, 2.24) is 0 Å². The molecule has 0 spiro atoms. The number of rotatable bonds is 2. The molecule has 5 aliphatic rings. The highest BCUT2D eigenvalue weighted by molar-refractivity contribution is 5.95. The molecule has 0 bridgehead atoms. The van der Waals surface area contributed by atoms with E-state index < -0.39 is 47.3 Å². The van der Waals surface area contributed by atoms with Crippen molar-refractivity contribution in [2.24, 2.45) is 28.6 Å². The van der Waals surface area contributed by atoms with Gasteiger partial charge >= 0.3 is 0 Å². The Kier molecular flexibility index (Phi) is 4.95. The molecule has 0 amide bonds. The topological polar surface area (TPSA) is 113 Å². The zero-order valence-corrected chi connectivity index (χ0v) is 19.2. The molecule has 32 heavy (non-hydrogen) atoms. The van der Waals surface area contributed by atoms with Crippen LogP contribution in [0.4, 0.5) is 0 Å². The fraction of sp³-hybridized carbons (Fsp3) is 0.760. The van der Waals surface area contributed by atoms with Crippen LogP contribution >= 0.6 is 0 Å². The lowest BCUT2D eigenvalue weighted by atomic mass is 9.52. The van der Waals surface area contributed by atoms with E-state index in [9.17, 15) is 24.9 Å². The maximum absolute atomic E-state index is 13.0. The SMILES string of the molecule is CC(C)C1=C2C3C(O)C=C(C=O)C4C(OC5OCC(O)C(=O)C54O)C3(C)CCC2(C)CC1. The van der Waals surface area contributed by atoms with E-state index >= 15 is 0 Å². The van der Waals surface area contributed by atoms with E-state index in [1.54, 1.807) is 0 Å². The van der Waals surface area contributed by atoms with Crippen molar-refractivity contribution in [1.29, 1.82) is 0 Å².